The average molecular weight is 604 g/mol. The molecule has 4 aromatic carbocycles. The lowest BCUT2D eigenvalue weighted by atomic mass is 10.1. The molecule has 0 saturated carbocycles. The molecular weight excluding hydrogens is 549 g/mol. The van der Waals surface area contributed by atoms with Crippen LogP contribution in [0.15, 0.2) is 115 Å². The predicted octanol–water partition coefficient (Wildman–Crippen LogP) is 12.7. The van der Waals surface area contributed by atoms with Gasteiger partial charge in [-0.1, -0.05) is 139 Å². The zero-order valence-corrected chi connectivity index (χ0v) is 28.8. The predicted molar refractivity (Wildman–Crippen MR) is 192 cm³/mol. The van der Waals surface area contributed by atoms with Gasteiger partial charge in [0.25, 0.3) is 0 Å². The van der Waals surface area contributed by atoms with E-state index in [1.807, 2.05) is 59.7 Å². The molecule has 0 saturated heterocycles. The smallest absolute Gasteiger partial charge is 0.311 e. The van der Waals surface area contributed by atoms with Gasteiger partial charge in [-0.15, -0.1) is 0 Å². The number of rotatable bonds is 10. The Morgan fingerprint density at radius 1 is 0.512 bits per heavy atom. The van der Waals surface area contributed by atoms with E-state index in [1.54, 1.807) is 20.8 Å². The van der Waals surface area contributed by atoms with Gasteiger partial charge in [-0.05, 0) is 61.4 Å². The second-order valence-corrected chi connectivity index (χ2v) is 10.5. The van der Waals surface area contributed by atoms with Crippen LogP contribution in [0.25, 0.3) is 12.2 Å². The Bertz CT molecular complexity index is 1200. The summed E-state index contributed by atoms with van der Waals surface area (Å²) in [6, 6.07) is 39.9. The normalized spacial score (nSPS) is 9.98. The van der Waals surface area contributed by atoms with Gasteiger partial charge < -0.3 is 13.9 Å². The van der Waals surface area contributed by atoms with Crippen molar-refractivity contribution in [3.63, 3.8) is 0 Å². The zero-order valence-electron chi connectivity index (χ0n) is 27.9. The molecule has 4 rings (SSSR count). The first-order chi connectivity index (χ1) is 21.1. The molecule has 0 aliphatic rings. The summed E-state index contributed by atoms with van der Waals surface area (Å²) in [6.45, 7) is 18.3. The van der Waals surface area contributed by atoms with E-state index < -0.39 is 7.60 Å². The Kier molecular flexibility index (Phi) is 23.1. The largest absolute Gasteiger partial charge is 0.330 e. The first-order valence-corrected chi connectivity index (χ1v) is 17.4. The summed E-state index contributed by atoms with van der Waals surface area (Å²) in [5, 5.41) is 0. The van der Waals surface area contributed by atoms with Gasteiger partial charge in [0, 0.05) is 23.2 Å². The molecule has 0 unspecified atom stereocenters. The SMILES string of the molecule is C(=Cc1ccc(N(c2ccccc2)c2ccccc2)cc1)c1ccccc1.CC.CC.CC.CCOP(=O)(CC)OCC. The standard InChI is InChI=1S/C26H21N.C6H15O3P.3C2H6/c1-4-10-22(11-5-1)16-17-23-18-20-26(21-19-23)27(24-12-6-2-7-13-24)25-14-8-3-9-15-25;1-4-8-10(7,6-3)9-5-2;3*1-2/h1-21H;4-6H2,1-3H3;3*1-2H3. The first-order valence-electron chi connectivity index (χ1n) is 15.7. The molecule has 0 atom stereocenters. The molecule has 234 valence electrons. The number of hydrogen-bond donors (Lipinski definition) is 0. The van der Waals surface area contributed by atoms with Gasteiger partial charge >= 0.3 is 7.60 Å². The molecule has 0 aliphatic carbocycles. The highest BCUT2D eigenvalue weighted by atomic mass is 31.2. The molecule has 4 nitrogen and oxygen atoms in total. The van der Waals surface area contributed by atoms with Crippen LogP contribution >= 0.6 is 7.60 Å². The van der Waals surface area contributed by atoms with Crippen LogP contribution < -0.4 is 4.90 Å². The third kappa shape index (κ3) is 15.0. The fourth-order valence-corrected chi connectivity index (χ4v) is 4.93. The van der Waals surface area contributed by atoms with Gasteiger partial charge in [0.1, 0.15) is 0 Å². The summed E-state index contributed by atoms with van der Waals surface area (Å²) in [6.07, 6.45) is 4.74. The van der Waals surface area contributed by atoms with Crippen molar-refractivity contribution in [1.29, 1.82) is 0 Å². The maximum atomic E-state index is 11.3. The summed E-state index contributed by atoms with van der Waals surface area (Å²) in [5.74, 6) is 0. The Hall–Kier alpha value is -3.43. The summed E-state index contributed by atoms with van der Waals surface area (Å²) < 4.78 is 21.2. The molecule has 0 aromatic heterocycles. The van der Waals surface area contributed by atoms with Gasteiger partial charge in [-0.3, -0.25) is 4.57 Å². The van der Waals surface area contributed by atoms with Crippen molar-refractivity contribution in [2.45, 2.75) is 62.3 Å². The maximum Gasteiger partial charge on any atom is 0.330 e. The molecule has 0 bridgehead atoms. The molecule has 0 spiro atoms. The minimum atomic E-state index is -2.70. The monoisotopic (exact) mass is 603 g/mol. The van der Waals surface area contributed by atoms with Crippen molar-refractivity contribution in [1.82, 2.24) is 0 Å². The number of anilines is 3. The Balaban J connectivity index is 0.000000933. The van der Waals surface area contributed by atoms with Crippen molar-refractivity contribution in [2.75, 3.05) is 24.3 Å². The van der Waals surface area contributed by atoms with Gasteiger partial charge in [0.2, 0.25) is 0 Å². The van der Waals surface area contributed by atoms with Crippen molar-refractivity contribution in [3.05, 3.63) is 126 Å². The van der Waals surface area contributed by atoms with E-state index in [0.717, 1.165) is 17.1 Å². The Morgan fingerprint density at radius 3 is 1.19 bits per heavy atom. The Labute approximate surface area is 262 Å². The molecule has 4 aromatic rings. The van der Waals surface area contributed by atoms with Gasteiger partial charge in [0.15, 0.2) is 0 Å². The summed E-state index contributed by atoms with van der Waals surface area (Å²) in [7, 11) is -2.70. The van der Waals surface area contributed by atoms with Crippen molar-refractivity contribution in [2.24, 2.45) is 0 Å². The van der Waals surface area contributed by atoms with E-state index in [-0.39, 0.29) is 0 Å². The van der Waals surface area contributed by atoms with Crippen LogP contribution in [0.5, 0.6) is 0 Å². The van der Waals surface area contributed by atoms with Crippen molar-refractivity contribution in [3.8, 4) is 0 Å². The highest BCUT2D eigenvalue weighted by Gasteiger charge is 2.19. The fraction of sp³-hybridized carbons (Fsp3) is 0.316. The first kappa shape index (κ1) is 39.6. The van der Waals surface area contributed by atoms with Crippen molar-refractivity contribution < 1.29 is 13.6 Å². The van der Waals surface area contributed by atoms with Gasteiger partial charge in [-0.2, -0.15) is 0 Å². The van der Waals surface area contributed by atoms with E-state index >= 15 is 0 Å². The van der Waals surface area contributed by atoms with Crippen LogP contribution in [0, 0.1) is 0 Å². The lowest BCUT2D eigenvalue weighted by Gasteiger charge is -2.25. The number of hydrogen-bond acceptors (Lipinski definition) is 4. The summed E-state index contributed by atoms with van der Waals surface area (Å²) in [5.41, 5.74) is 5.83. The zero-order chi connectivity index (χ0) is 32.3. The highest BCUT2D eigenvalue weighted by Crippen LogP contribution is 2.47. The fourth-order valence-electron chi connectivity index (χ4n) is 3.71. The minimum Gasteiger partial charge on any atom is -0.311 e. The molecule has 43 heavy (non-hydrogen) atoms. The molecule has 0 radical (unpaired) electrons. The number of para-hydroxylation sites is 2. The second kappa shape index (κ2) is 25.1. The lowest BCUT2D eigenvalue weighted by molar-refractivity contribution is 0.221. The minimum absolute atomic E-state index is 0.450. The average Bonchev–Trinajstić information content (AvgIpc) is 3.09. The third-order valence-electron chi connectivity index (χ3n) is 5.49. The molecule has 5 heteroatoms. The van der Waals surface area contributed by atoms with Crippen LogP contribution in [-0.4, -0.2) is 19.4 Å². The highest BCUT2D eigenvalue weighted by molar-refractivity contribution is 7.53. The molecule has 0 heterocycles. The topological polar surface area (TPSA) is 38.8 Å². The third-order valence-corrected chi connectivity index (χ3v) is 7.56. The van der Waals surface area contributed by atoms with E-state index in [0.29, 0.717) is 19.4 Å². The maximum absolute atomic E-state index is 11.3. The van der Waals surface area contributed by atoms with E-state index in [2.05, 4.69) is 114 Å². The summed E-state index contributed by atoms with van der Waals surface area (Å²) >= 11 is 0. The molecule has 0 amide bonds. The molecular formula is C38H54NO3P. The number of nitrogens with zero attached hydrogens (tertiary/aromatic N) is 1. The second-order valence-electron chi connectivity index (χ2n) is 8.10. The van der Waals surface area contributed by atoms with Gasteiger partial charge in [-0.25, -0.2) is 0 Å². The lowest BCUT2D eigenvalue weighted by Crippen LogP contribution is -2.09. The van der Waals surface area contributed by atoms with E-state index in [9.17, 15) is 4.57 Å². The van der Waals surface area contributed by atoms with Crippen LogP contribution in [0.4, 0.5) is 17.1 Å². The molecule has 0 aliphatic heterocycles. The van der Waals surface area contributed by atoms with Crippen LogP contribution in [-0.2, 0) is 13.6 Å². The van der Waals surface area contributed by atoms with Crippen LogP contribution in [0.1, 0.15) is 73.4 Å². The van der Waals surface area contributed by atoms with Crippen molar-refractivity contribution >= 4 is 36.8 Å². The van der Waals surface area contributed by atoms with E-state index in [1.165, 1.54) is 11.1 Å². The number of benzene rings is 4. The summed E-state index contributed by atoms with van der Waals surface area (Å²) in [4.78, 5) is 2.27. The molecule has 0 N–H and O–H groups in total. The quantitative estimate of drug-likeness (QED) is 0.133. The molecule has 0 fully saturated rings. The Morgan fingerprint density at radius 2 is 0.837 bits per heavy atom. The van der Waals surface area contributed by atoms with Crippen LogP contribution in [0.3, 0.4) is 0 Å². The van der Waals surface area contributed by atoms with Gasteiger partial charge in [0.05, 0.1) is 13.2 Å². The van der Waals surface area contributed by atoms with E-state index in [4.69, 9.17) is 9.05 Å². The van der Waals surface area contributed by atoms with Crippen LogP contribution in [0.2, 0.25) is 0 Å².